The van der Waals surface area contributed by atoms with Crippen molar-refractivity contribution in [2.45, 2.75) is 17.4 Å². The molecule has 1 N–H and O–H groups in total. The normalized spacial score (nSPS) is 13.9. The molecule has 8 heteroatoms. The predicted molar refractivity (Wildman–Crippen MR) is 114 cm³/mol. The van der Waals surface area contributed by atoms with Gasteiger partial charge in [-0.3, -0.25) is 4.98 Å². The van der Waals surface area contributed by atoms with Crippen LogP contribution in [-0.4, -0.2) is 14.5 Å². The number of aromatic nitrogens is 2. The molecule has 2 aromatic heterocycles. The standard InChI is InChI=1S/C20H16ClN3O2S2/c21-17-9-18(20(23-11-17)27-13-14-4-3-7-22-10-14)24-28(25)19-8-15-5-1-2-6-16(15)12-26-19/h1-11,24H,12-13H2. The highest BCUT2D eigenvalue weighted by Crippen LogP contribution is 2.32. The van der Waals surface area contributed by atoms with E-state index in [2.05, 4.69) is 14.7 Å². The molecular formula is C20H16ClN3O2S2. The summed E-state index contributed by atoms with van der Waals surface area (Å²) in [5.41, 5.74) is 3.75. The number of pyridine rings is 2. The quantitative estimate of drug-likeness (QED) is 0.438. The zero-order valence-corrected chi connectivity index (χ0v) is 17.1. The molecule has 0 saturated heterocycles. The number of nitrogens with zero attached hydrogens (tertiary/aromatic N) is 2. The summed E-state index contributed by atoms with van der Waals surface area (Å²) in [6.07, 6.45) is 6.92. The molecule has 0 saturated carbocycles. The Balaban J connectivity index is 1.51. The molecule has 3 heterocycles. The van der Waals surface area contributed by atoms with Crippen LogP contribution in [-0.2, 0) is 28.5 Å². The summed E-state index contributed by atoms with van der Waals surface area (Å²) in [6.45, 7) is 0.395. The molecule has 28 heavy (non-hydrogen) atoms. The van der Waals surface area contributed by atoms with Gasteiger partial charge in [0, 0.05) is 30.4 Å². The van der Waals surface area contributed by atoms with Gasteiger partial charge in [0.25, 0.3) is 0 Å². The van der Waals surface area contributed by atoms with E-state index in [-0.39, 0.29) is 0 Å². The lowest BCUT2D eigenvalue weighted by Gasteiger charge is -2.20. The lowest BCUT2D eigenvalue weighted by molar-refractivity contribution is 0.219. The van der Waals surface area contributed by atoms with Gasteiger partial charge in [-0.2, -0.15) is 4.72 Å². The molecule has 1 aliphatic rings. The number of anilines is 1. The lowest BCUT2D eigenvalue weighted by atomic mass is 10.1. The van der Waals surface area contributed by atoms with Crippen molar-refractivity contribution < 1.29 is 9.29 Å². The highest BCUT2D eigenvalue weighted by Gasteiger charge is 2.24. The Kier molecular flexibility index (Phi) is 6.07. The van der Waals surface area contributed by atoms with Gasteiger partial charge in [0.1, 0.15) is 28.7 Å². The van der Waals surface area contributed by atoms with Gasteiger partial charge in [-0.1, -0.05) is 53.7 Å². The van der Waals surface area contributed by atoms with Crippen LogP contribution in [0.15, 0.2) is 71.2 Å². The first-order valence-electron chi connectivity index (χ1n) is 8.47. The molecule has 1 aliphatic heterocycles. The van der Waals surface area contributed by atoms with Crippen molar-refractivity contribution in [3.8, 4) is 0 Å². The molecule has 0 fully saturated rings. The summed E-state index contributed by atoms with van der Waals surface area (Å²) in [4.78, 5) is 8.50. The Morgan fingerprint density at radius 3 is 2.96 bits per heavy atom. The van der Waals surface area contributed by atoms with Gasteiger partial charge in [-0.25, -0.2) is 4.98 Å². The summed E-state index contributed by atoms with van der Waals surface area (Å²) in [7, 11) is 0. The van der Waals surface area contributed by atoms with Gasteiger partial charge in [-0.15, -0.1) is 0 Å². The molecule has 4 rings (SSSR count). The van der Waals surface area contributed by atoms with E-state index in [0.717, 1.165) is 16.7 Å². The lowest BCUT2D eigenvalue weighted by Crippen LogP contribution is -2.19. The average Bonchev–Trinajstić information content (AvgIpc) is 2.73. The second kappa shape index (κ2) is 8.87. The number of halogens is 1. The minimum absolute atomic E-state index is 0.377. The molecule has 0 bridgehead atoms. The summed E-state index contributed by atoms with van der Waals surface area (Å²) >= 11 is 6.06. The Morgan fingerprint density at radius 1 is 1.21 bits per heavy atom. The molecule has 0 spiro atoms. The van der Waals surface area contributed by atoms with Crippen LogP contribution in [0.25, 0.3) is 6.08 Å². The van der Waals surface area contributed by atoms with Gasteiger partial charge in [0.2, 0.25) is 0 Å². The maximum atomic E-state index is 12.8. The van der Waals surface area contributed by atoms with Crippen molar-refractivity contribution in [3.05, 3.63) is 87.9 Å². The van der Waals surface area contributed by atoms with Crippen LogP contribution in [0.1, 0.15) is 16.7 Å². The van der Waals surface area contributed by atoms with E-state index >= 15 is 0 Å². The monoisotopic (exact) mass is 429 g/mol. The Labute approximate surface area is 175 Å². The SMILES string of the molecule is [O-][S+](Nc1cc(Cl)cnc1SCc1cccnc1)C1=Cc2ccccc2CO1. The van der Waals surface area contributed by atoms with Gasteiger partial charge >= 0.3 is 5.09 Å². The predicted octanol–water partition coefficient (Wildman–Crippen LogP) is 5.03. The van der Waals surface area contributed by atoms with E-state index in [0.29, 0.717) is 33.2 Å². The zero-order valence-electron chi connectivity index (χ0n) is 14.7. The van der Waals surface area contributed by atoms with Gasteiger partial charge < -0.3 is 9.29 Å². The highest BCUT2D eigenvalue weighted by molar-refractivity contribution is 7.99. The second-order valence-corrected chi connectivity index (χ2v) is 8.52. The summed E-state index contributed by atoms with van der Waals surface area (Å²) in [5.74, 6) is 0.691. The Bertz CT molecular complexity index is 1000. The van der Waals surface area contributed by atoms with E-state index in [1.165, 1.54) is 11.8 Å². The molecule has 0 aliphatic carbocycles. The van der Waals surface area contributed by atoms with E-state index in [1.54, 1.807) is 24.5 Å². The van der Waals surface area contributed by atoms with Gasteiger partial charge in [0.15, 0.2) is 0 Å². The highest BCUT2D eigenvalue weighted by atomic mass is 35.5. The van der Waals surface area contributed by atoms with Crippen LogP contribution in [0, 0.1) is 0 Å². The first-order valence-corrected chi connectivity index (χ1v) is 11.0. The third kappa shape index (κ3) is 4.62. The number of rotatable bonds is 6. The molecule has 142 valence electrons. The molecule has 1 aromatic carbocycles. The molecular weight excluding hydrogens is 414 g/mol. The van der Waals surface area contributed by atoms with Crippen molar-refractivity contribution >= 4 is 46.5 Å². The largest absolute Gasteiger partial charge is 0.585 e. The average molecular weight is 430 g/mol. The van der Waals surface area contributed by atoms with Crippen molar-refractivity contribution in [1.82, 2.24) is 9.97 Å². The summed E-state index contributed by atoms with van der Waals surface area (Å²) in [5, 5.41) is 1.55. The van der Waals surface area contributed by atoms with Crippen LogP contribution in [0.3, 0.4) is 0 Å². The first kappa shape index (κ1) is 19.1. The van der Waals surface area contributed by atoms with Crippen LogP contribution in [0.5, 0.6) is 0 Å². The van der Waals surface area contributed by atoms with Gasteiger partial charge in [-0.05, 0) is 28.8 Å². The third-order valence-corrected chi connectivity index (χ3v) is 6.29. The van der Waals surface area contributed by atoms with Gasteiger partial charge in [0.05, 0.1) is 5.02 Å². The Hall–Kier alpha value is -2.19. The van der Waals surface area contributed by atoms with E-state index in [9.17, 15) is 4.55 Å². The molecule has 0 amide bonds. The van der Waals surface area contributed by atoms with Crippen LogP contribution >= 0.6 is 23.4 Å². The van der Waals surface area contributed by atoms with Crippen LogP contribution < -0.4 is 4.72 Å². The number of nitrogens with one attached hydrogen (secondary N) is 1. The van der Waals surface area contributed by atoms with Crippen LogP contribution in [0.2, 0.25) is 5.02 Å². The van der Waals surface area contributed by atoms with E-state index in [4.69, 9.17) is 16.3 Å². The summed E-state index contributed by atoms with van der Waals surface area (Å²) in [6, 6.07) is 13.5. The smallest absolute Gasteiger partial charge is 0.334 e. The molecule has 0 radical (unpaired) electrons. The number of hydrogen-bond acceptors (Lipinski definition) is 6. The number of thioether (sulfide) groups is 1. The van der Waals surface area contributed by atoms with Crippen LogP contribution in [0.4, 0.5) is 5.69 Å². The second-order valence-electron chi connectivity index (χ2n) is 5.98. The summed E-state index contributed by atoms with van der Waals surface area (Å²) < 4.78 is 21.5. The number of fused-ring (bicyclic) bond motifs is 1. The number of ether oxygens (including phenoxy) is 1. The fraction of sp³-hybridized carbons (Fsp3) is 0.100. The topological polar surface area (TPSA) is 70.1 Å². The fourth-order valence-electron chi connectivity index (χ4n) is 2.63. The van der Waals surface area contributed by atoms with E-state index in [1.807, 2.05) is 42.6 Å². The van der Waals surface area contributed by atoms with Crippen molar-refractivity contribution in [2.24, 2.45) is 0 Å². The molecule has 1 unspecified atom stereocenters. The Morgan fingerprint density at radius 2 is 2.11 bits per heavy atom. The maximum Gasteiger partial charge on any atom is 0.334 e. The minimum atomic E-state index is -1.57. The molecule has 1 atom stereocenters. The third-order valence-electron chi connectivity index (χ3n) is 4.00. The number of hydrogen-bond donors (Lipinski definition) is 1. The maximum absolute atomic E-state index is 12.8. The molecule has 5 nitrogen and oxygen atoms in total. The first-order chi connectivity index (χ1) is 13.7. The van der Waals surface area contributed by atoms with Crippen molar-refractivity contribution in [2.75, 3.05) is 4.72 Å². The molecule has 3 aromatic rings. The van der Waals surface area contributed by atoms with Crippen molar-refractivity contribution in [1.29, 1.82) is 0 Å². The number of benzene rings is 1. The zero-order chi connectivity index (χ0) is 19.3. The minimum Gasteiger partial charge on any atom is -0.585 e. The van der Waals surface area contributed by atoms with Crippen molar-refractivity contribution in [3.63, 3.8) is 0 Å². The fourth-order valence-corrected chi connectivity index (χ4v) is 4.58. The van der Waals surface area contributed by atoms with E-state index < -0.39 is 11.4 Å².